The van der Waals surface area contributed by atoms with Crippen LogP contribution in [-0.2, 0) is 9.59 Å². The highest BCUT2D eigenvalue weighted by Crippen LogP contribution is 2.14. The van der Waals surface area contributed by atoms with Crippen molar-refractivity contribution >= 4 is 12.0 Å². The molecule has 0 fully saturated rings. The number of aliphatic imine (C=N–C) groups is 1. The standard InChI is InChI=1S/C9H13NO3/c1-3-8(9(12)13)7(2)4-5-10-6-11/h3,7H,4-5H2,1-2H3,(H,12,13). The van der Waals surface area contributed by atoms with Gasteiger partial charge in [0.1, 0.15) is 0 Å². The molecule has 0 aromatic rings. The Morgan fingerprint density at radius 1 is 1.69 bits per heavy atom. The molecular weight excluding hydrogens is 170 g/mol. The summed E-state index contributed by atoms with van der Waals surface area (Å²) in [6.07, 6.45) is 3.54. The van der Waals surface area contributed by atoms with E-state index in [-0.39, 0.29) is 5.92 Å². The predicted octanol–water partition coefficient (Wildman–Crippen LogP) is 1.38. The highest BCUT2D eigenvalue weighted by molar-refractivity contribution is 5.86. The normalized spacial score (nSPS) is 13.2. The molecule has 0 saturated carbocycles. The van der Waals surface area contributed by atoms with Crippen molar-refractivity contribution in [1.29, 1.82) is 0 Å². The van der Waals surface area contributed by atoms with Gasteiger partial charge in [-0.25, -0.2) is 14.6 Å². The molecule has 1 N–H and O–H groups in total. The van der Waals surface area contributed by atoms with E-state index in [1.54, 1.807) is 19.9 Å². The molecule has 0 aromatic carbocycles. The molecule has 0 amide bonds. The molecule has 0 saturated heterocycles. The zero-order valence-electron chi connectivity index (χ0n) is 7.78. The first-order valence-corrected chi connectivity index (χ1v) is 4.06. The third-order valence-electron chi connectivity index (χ3n) is 1.83. The summed E-state index contributed by atoms with van der Waals surface area (Å²) in [5.74, 6) is -0.996. The van der Waals surface area contributed by atoms with E-state index in [1.165, 1.54) is 6.08 Å². The minimum Gasteiger partial charge on any atom is -0.478 e. The summed E-state index contributed by atoms with van der Waals surface area (Å²) in [6, 6.07) is 0. The van der Waals surface area contributed by atoms with E-state index in [4.69, 9.17) is 5.11 Å². The van der Waals surface area contributed by atoms with Gasteiger partial charge in [0.05, 0.1) is 6.54 Å². The molecule has 1 atom stereocenters. The van der Waals surface area contributed by atoms with Gasteiger partial charge in [-0.05, 0) is 19.3 Å². The Labute approximate surface area is 77.0 Å². The first-order chi connectivity index (χ1) is 6.13. The van der Waals surface area contributed by atoms with Crippen molar-refractivity contribution in [1.82, 2.24) is 0 Å². The monoisotopic (exact) mass is 183 g/mol. The maximum Gasteiger partial charge on any atom is 0.331 e. The number of hydrogen-bond acceptors (Lipinski definition) is 3. The molecule has 4 heteroatoms. The Morgan fingerprint density at radius 3 is 2.69 bits per heavy atom. The molecule has 0 spiro atoms. The lowest BCUT2D eigenvalue weighted by Crippen LogP contribution is -2.10. The summed E-state index contributed by atoms with van der Waals surface area (Å²) >= 11 is 0. The molecule has 13 heavy (non-hydrogen) atoms. The Balaban J connectivity index is 4.15. The van der Waals surface area contributed by atoms with E-state index in [9.17, 15) is 9.59 Å². The van der Waals surface area contributed by atoms with Gasteiger partial charge in [-0.2, -0.15) is 0 Å². The van der Waals surface area contributed by atoms with Crippen molar-refractivity contribution in [3.8, 4) is 0 Å². The Morgan fingerprint density at radius 2 is 2.31 bits per heavy atom. The van der Waals surface area contributed by atoms with Crippen LogP contribution in [0.1, 0.15) is 20.3 Å². The van der Waals surface area contributed by atoms with Gasteiger partial charge in [-0.15, -0.1) is 0 Å². The highest BCUT2D eigenvalue weighted by Gasteiger charge is 2.13. The van der Waals surface area contributed by atoms with E-state index in [0.29, 0.717) is 18.5 Å². The van der Waals surface area contributed by atoms with E-state index < -0.39 is 5.97 Å². The van der Waals surface area contributed by atoms with Gasteiger partial charge >= 0.3 is 5.97 Å². The quantitative estimate of drug-likeness (QED) is 0.397. The predicted molar refractivity (Wildman–Crippen MR) is 48.2 cm³/mol. The molecule has 0 aromatic heterocycles. The summed E-state index contributed by atoms with van der Waals surface area (Å²) in [5, 5.41) is 8.72. The van der Waals surface area contributed by atoms with E-state index >= 15 is 0 Å². The summed E-state index contributed by atoms with van der Waals surface area (Å²) in [6.45, 7) is 3.81. The van der Waals surface area contributed by atoms with Crippen LogP contribution in [0.15, 0.2) is 16.6 Å². The Hall–Kier alpha value is -1.41. The Bertz CT molecular complexity index is 252. The molecule has 0 aliphatic carbocycles. The largest absolute Gasteiger partial charge is 0.478 e. The molecular formula is C9H13NO3. The molecule has 72 valence electrons. The number of aliphatic carboxylic acids is 1. The van der Waals surface area contributed by atoms with Crippen molar-refractivity contribution < 1.29 is 14.7 Å². The summed E-state index contributed by atoms with van der Waals surface area (Å²) in [5.41, 5.74) is 0.362. The lowest BCUT2D eigenvalue weighted by atomic mass is 9.98. The number of carboxylic acid groups (broad SMARTS) is 1. The van der Waals surface area contributed by atoms with Crippen molar-refractivity contribution in [2.24, 2.45) is 10.9 Å². The Kier molecular flexibility index (Phi) is 5.48. The number of isocyanates is 1. The summed E-state index contributed by atoms with van der Waals surface area (Å²) < 4.78 is 0. The van der Waals surface area contributed by atoms with Gasteiger partial charge < -0.3 is 5.11 Å². The smallest absolute Gasteiger partial charge is 0.331 e. The molecule has 0 rings (SSSR count). The molecule has 0 bridgehead atoms. The van der Waals surface area contributed by atoms with Gasteiger partial charge in [0.25, 0.3) is 0 Å². The maximum atomic E-state index is 10.6. The van der Waals surface area contributed by atoms with Crippen LogP contribution in [0.4, 0.5) is 0 Å². The van der Waals surface area contributed by atoms with Gasteiger partial charge in [-0.3, -0.25) is 0 Å². The van der Waals surface area contributed by atoms with Crippen LogP contribution in [0.5, 0.6) is 0 Å². The fraction of sp³-hybridized carbons (Fsp3) is 0.556. The SMILES string of the molecule is CC=C(C(=O)O)C(C)CCN=C=O. The molecule has 1 unspecified atom stereocenters. The lowest BCUT2D eigenvalue weighted by molar-refractivity contribution is -0.133. The minimum absolute atomic E-state index is 0.0837. The number of hydrogen-bond donors (Lipinski definition) is 1. The second-order valence-corrected chi connectivity index (χ2v) is 2.71. The van der Waals surface area contributed by atoms with Gasteiger partial charge in [-0.1, -0.05) is 13.0 Å². The van der Waals surface area contributed by atoms with E-state index in [1.807, 2.05) is 0 Å². The zero-order valence-corrected chi connectivity index (χ0v) is 7.78. The van der Waals surface area contributed by atoms with Crippen LogP contribution < -0.4 is 0 Å². The average Bonchev–Trinajstić information content (AvgIpc) is 2.05. The van der Waals surface area contributed by atoms with Crippen LogP contribution in [0.25, 0.3) is 0 Å². The van der Waals surface area contributed by atoms with Crippen LogP contribution in [0.2, 0.25) is 0 Å². The lowest BCUT2D eigenvalue weighted by Gasteiger charge is -2.09. The fourth-order valence-corrected chi connectivity index (χ4v) is 1.08. The molecule has 0 heterocycles. The number of carboxylic acids is 1. The maximum absolute atomic E-state index is 10.6. The molecule has 0 radical (unpaired) electrons. The van der Waals surface area contributed by atoms with Gasteiger partial charge in [0.2, 0.25) is 6.08 Å². The fourth-order valence-electron chi connectivity index (χ4n) is 1.08. The third kappa shape index (κ3) is 4.23. The van der Waals surface area contributed by atoms with Crippen LogP contribution in [0, 0.1) is 5.92 Å². The second kappa shape index (κ2) is 6.14. The first kappa shape index (κ1) is 11.6. The van der Waals surface area contributed by atoms with Crippen molar-refractivity contribution in [3.05, 3.63) is 11.6 Å². The van der Waals surface area contributed by atoms with Gasteiger partial charge in [0.15, 0.2) is 0 Å². The average molecular weight is 183 g/mol. The van der Waals surface area contributed by atoms with Crippen LogP contribution in [0.3, 0.4) is 0 Å². The number of nitrogens with zero attached hydrogens (tertiary/aromatic N) is 1. The van der Waals surface area contributed by atoms with Crippen molar-refractivity contribution in [2.45, 2.75) is 20.3 Å². The molecule has 0 aliphatic rings. The van der Waals surface area contributed by atoms with Crippen molar-refractivity contribution in [3.63, 3.8) is 0 Å². The highest BCUT2D eigenvalue weighted by atomic mass is 16.4. The van der Waals surface area contributed by atoms with Gasteiger partial charge in [0, 0.05) is 5.57 Å². The van der Waals surface area contributed by atoms with E-state index in [0.717, 1.165) is 0 Å². The zero-order chi connectivity index (χ0) is 10.3. The van der Waals surface area contributed by atoms with Crippen LogP contribution >= 0.6 is 0 Å². The topological polar surface area (TPSA) is 66.7 Å². The first-order valence-electron chi connectivity index (χ1n) is 4.06. The minimum atomic E-state index is -0.912. The molecule has 4 nitrogen and oxygen atoms in total. The number of carbonyl (C=O) groups excluding carboxylic acids is 1. The summed E-state index contributed by atoms with van der Waals surface area (Å²) in [4.78, 5) is 23.7. The summed E-state index contributed by atoms with van der Waals surface area (Å²) in [7, 11) is 0. The van der Waals surface area contributed by atoms with E-state index in [2.05, 4.69) is 4.99 Å². The number of allylic oxidation sites excluding steroid dienone is 1. The van der Waals surface area contributed by atoms with Crippen molar-refractivity contribution in [2.75, 3.05) is 6.54 Å². The molecule has 0 aliphatic heterocycles. The number of rotatable bonds is 5. The number of carbonyl (C=O) groups is 1. The second-order valence-electron chi connectivity index (χ2n) is 2.71. The van der Waals surface area contributed by atoms with Crippen LogP contribution in [-0.4, -0.2) is 23.7 Å². The third-order valence-corrected chi connectivity index (χ3v) is 1.83.